The molecule has 0 saturated carbocycles. The third-order valence-electron chi connectivity index (χ3n) is 4.40. The number of thioether (sulfide) groups is 1. The Bertz CT molecular complexity index is 1100. The molecule has 0 aliphatic carbocycles. The summed E-state index contributed by atoms with van der Waals surface area (Å²) >= 11 is 7.82. The molecule has 9 heteroatoms. The Hall–Kier alpha value is -2.84. The second-order valence-corrected chi connectivity index (χ2v) is 8.21. The van der Waals surface area contributed by atoms with Gasteiger partial charge < -0.3 is 15.2 Å². The lowest BCUT2D eigenvalue weighted by molar-refractivity contribution is -0.143. The van der Waals surface area contributed by atoms with Crippen molar-refractivity contribution in [2.24, 2.45) is 0 Å². The summed E-state index contributed by atoms with van der Waals surface area (Å²) < 4.78 is 6.01. The van der Waals surface area contributed by atoms with Crippen molar-refractivity contribution in [1.29, 1.82) is 0 Å². The van der Waals surface area contributed by atoms with E-state index in [4.69, 9.17) is 16.3 Å². The number of hydrogen-bond donors (Lipinski definition) is 2. The molecule has 0 unspecified atom stereocenters. The molecule has 0 atom stereocenters. The summed E-state index contributed by atoms with van der Waals surface area (Å²) in [6, 6.07) is 8.75. The van der Waals surface area contributed by atoms with Crippen LogP contribution in [0.5, 0.6) is 5.75 Å². The number of rotatable bonds is 7. The molecule has 156 valence electrons. The number of carbonyl (C=O) groups excluding carboxylic acids is 1. The molecular weight excluding hydrogens is 426 g/mol. The van der Waals surface area contributed by atoms with E-state index in [9.17, 15) is 14.7 Å². The first-order valence-electron chi connectivity index (χ1n) is 8.98. The fourth-order valence-corrected chi connectivity index (χ4v) is 3.30. The van der Waals surface area contributed by atoms with E-state index in [-0.39, 0.29) is 12.2 Å². The highest BCUT2D eigenvalue weighted by atomic mass is 35.5. The number of nitrogens with one attached hydrogen (secondary N) is 1. The summed E-state index contributed by atoms with van der Waals surface area (Å²) in [6.45, 7) is 2.94. The van der Waals surface area contributed by atoms with Crippen LogP contribution in [0.1, 0.15) is 29.8 Å². The van der Waals surface area contributed by atoms with Gasteiger partial charge in [0.05, 0.1) is 5.56 Å². The zero-order valence-corrected chi connectivity index (χ0v) is 18.2. The smallest absolute Gasteiger partial charge is 0.328 e. The average Bonchev–Trinajstić information content (AvgIpc) is 2.73. The maximum atomic E-state index is 12.9. The molecule has 0 aliphatic heterocycles. The highest BCUT2D eigenvalue weighted by Gasteiger charge is 2.31. The van der Waals surface area contributed by atoms with E-state index in [1.165, 1.54) is 31.7 Å². The number of aliphatic carboxylic acids is 1. The molecule has 1 heterocycles. The zero-order valence-electron chi connectivity index (χ0n) is 16.6. The van der Waals surface area contributed by atoms with Crippen LogP contribution in [0.25, 0.3) is 10.8 Å². The molecular formula is C21H20ClN3O4S. The van der Waals surface area contributed by atoms with Gasteiger partial charge in [-0.1, -0.05) is 47.6 Å². The average molecular weight is 446 g/mol. The number of aromatic nitrogens is 2. The Morgan fingerprint density at radius 3 is 2.43 bits per heavy atom. The quantitative estimate of drug-likeness (QED) is 0.415. The van der Waals surface area contributed by atoms with Crippen molar-refractivity contribution in [3.63, 3.8) is 0 Å². The van der Waals surface area contributed by atoms with E-state index in [0.717, 1.165) is 10.9 Å². The SMILES string of the molecule is CSc1ncc(COc2c(C(=O)NC(C)(C)C(=O)O)cc(Cl)c3ccccc23)cn1. The summed E-state index contributed by atoms with van der Waals surface area (Å²) in [5.74, 6) is -1.45. The van der Waals surface area contributed by atoms with Gasteiger partial charge in [-0.3, -0.25) is 4.79 Å². The number of fused-ring (bicyclic) bond motifs is 1. The first kappa shape index (κ1) is 21.9. The number of nitrogens with zero attached hydrogens (tertiary/aromatic N) is 2. The third-order valence-corrected chi connectivity index (χ3v) is 5.29. The van der Waals surface area contributed by atoms with Gasteiger partial charge in [0.2, 0.25) is 0 Å². The van der Waals surface area contributed by atoms with Crippen molar-refractivity contribution >= 4 is 46.0 Å². The van der Waals surface area contributed by atoms with Crippen LogP contribution >= 0.6 is 23.4 Å². The van der Waals surface area contributed by atoms with Crippen molar-refractivity contribution in [3.05, 3.63) is 58.9 Å². The van der Waals surface area contributed by atoms with Crippen molar-refractivity contribution < 1.29 is 19.4 Å². The topological polar surface area (TPSA) is 101 Å². The number of carboxylic acid groups (broad SMARTS) is 1. The minimum atomic E-state index is -1.46. The lowest BCUT2D eigenvalue weighted by atomic mass is 10.0. The first-order valence-corrected chi connectivity index (χ1v) is 10.6. The molecule has 2 aromatic carbocycles. The second-order valence-electron chi connectivity index (χ2n) is 7.03. The molecule has 1 amide bonds. The van der Waals surface area contributed by atoms with Crippen LogP contribution in [0.3, 0.4) is 0 Å². The van der Waals surface area contributed by atoms with E-state index in [1.54, 1.807) is 18.5 Å². The molecule has 0 radical (unpaired) electrons. The normalized spacial score (nSPS) is 11.3. The molecule has 7 nitrogen and oxygen atoms in total. The predicted octanol–water partition coefficient (Wildman–Crippen LogP) is 4.18. The predicted molar refractivity (Wildman–Crippen MR) is 116 cm³/mol. The standard InChI is InChI=1S/C21H20ClN3O4S/c1-21(2,19(27)28)25-18(26)15-8-16(22)13-6-4-5-7-14(13)17(15)29-11-12-9-23-20(30-3)24-10-12/h4-10H,11H2,1-3H3,(H,25,26)(H,27,28). The summed E-state index contributed by atoms with van der Waals surface area (Å²) in [7, 11) is 0. The molecule has 0 bridgehead atoms. The van der Waals surface area contributed by atoms with Crippen LogP contribution in [0.4, 0.5) is 0 Å². The van der Waals surface area contributed by atoms with Crippen LogP contribution in [0.15, 0.2) is 47.9 Å². The van der Waals surface area contributed by atoms with E-state index < -0.39 is 17.4 Å². The zero-order chi connectivity index (χ0) is 21.9. The van der Waals surface area contributed by atoms with Gasteiger partial charge in [-0.25, -0.2) is 14.8 Å². The molecule has 0 saturated heterocycles. The number of carboxylic acids is 1. The molecule has 0 fully saturated rings. The maximum absolute atomic E-state index is 12.9. The fraction of sp³-hybridized carbons (Fsp3) is 0.238. The monoisotopic (exact) mass is 445 g/mol. The molecule has 1 aromatic heterocycles. The van der Waals surface area contributed by atoms with E-state index >= 15 is 0 Å². The van der Waals surface area contributed by atoms with Gasteiger partial charge in [0, 0.05) is 33.8 Å². The molecule has 30 heavy (non-hydrogen) atoms. The number of hydrogen-bond acceptors (Lipinski definition) is 6. The van der Waals surface area contributed by atoms with Gasteiger partial charge in [0.1, 0.15) is 17.9 Å². The van der Waals surface area contributed by atoms with Crippen LogP contribution in [-0.2, 0) is 11.4 Å². The third kappa shape index (κ3) is 4.66. The van der Waals surface area contributed by atoms with Crippen molar-refractivity contribution in [2.45, 2.75) is 31.1 Å². The maximum Gasteiger partial charge on any atom is 0.328 e. The fourth-order valence-electron chi connectivity index (χ4n) is 2.71. The van der Waals surface area contributed by atoms with Gasteiger partial charge in [0.25, 0.3) is 5.91 Å². The molecule has 2 N–H and O–H groups in total. The Morgan fingerprint density at radius 2 is 1.83 bits per heavy atom. The largest absolute Gasteiger partial charge is 0.487 e. The molecule has 0 aliphatic rings. The summed E-state index contributed by atoms with van der Waals surface area (Å²) in [4.78, 5) is 32.8. The Morgan fingerprint density at radius 1 is 1.20 bits per heavy atom. The van der Waals surface area contributed by atoms with Crippen molar-refractivity contribution in [1.82, 2.24) is 15.3 Å². The van der Waals surface area contributed by atoms with Gasteiger partial charge >= 0.3 is 5.97 Å². The van der Waals surface area contributed by atoms with Gasteiger partial charge in [-0.2, -0.15) is 0 Å². The first-order chi connectivity index (χ1) is 14.2. The minimum absolute atomic E-state index is 0.128. The second kappa shape index (κ2) is 8.89. The highest BCUT2D eigenvalue weighted by molar-refractivity contribution is 7.98. The summed E-state index contributed by atoms with van der Waals surface area (Å²) in [6.07, 6.45) is 5.20. The van der Waals surface area contributed by atoms with Crippen molar-refractivity contribution in [3.8, 4) is 5.75 Å². The minimum Gasteiger partial charge on any atom is -0.487 e. The van der Waals surface area contributed by atoms with Gasteiger partial charge in [-0.05, 0) is 26.2 Å². The van der Waals surface area contributed by atoms with E-state index in [2.05, 4.69) is 15.3 Å². The van der Waals surface area contributed by atoms with Crippen molar-refractivity contribution in [2.75, 3.05) is 6.26 Å². The van der Waals surface area contributed by atoms with Crippen LogP contribution < -0.4 is 10.1 Å². The Kier molecular flexibility index (Phi) is 6.48. The number of carbonyl (C=O) groups is 2. The number of amides is 1. The van der Waals surface area contributed by atoms with E-state index in [1.807, 2.05) is 24.5 Å². The van der Waals surface area contributed by atoms with Crippen LogP contribution in [0, 0.1) is 0 Å². The molecule has 3 rings (SSSR count). The Balaban J connectivity index is 2.01. The lowest BCUT2D eigenvalue weighted by Gasteiger charge is -2.22. The summed E-state index contributed by atoms with van der Waals surface area (Å²) in [5, 5.41) is 14.2. The number of halogens is 1. The van der Waals surface area contributed by atoms with Crippen LogP contribution in [0.2, 0.25) is 5.02 Å². The molecule has 0 spiro atoms. The van der Waals surface area contributed by atoms with Gasteiger partial charge in [-0.15, -0.1) is 0 Å². The van der Waals surface area contributed by atoms with Gasteiger partial charge in [0.15, 0.2) is 5.16 Å². The summed E-state index contributed by atoms with van der Waals surface area (Å²) in [5.41, 5.74) is -0.590. The lowest BCUT2D eigenvalue weighted by Crippen LogP contribution is -2.49. The number of ether oxygens (including phenoxy) is 1. The number of benzene rings is 2. The van der Waals surface area contributed by atoms with E-state index in [0.29, 0.717) is 21.3 Å². The van der Waals surface area contributed by atoms with Crippen LogP contribution in [-0.4, -0.2) is 38.7 Å². The highest BCUT2D eigenvalue weighted by Crippen LogP contribution is 2.36. The Labute approximate surface area is 182 Å². The molecule has 3 aromatic rings.